The van der Waals surface area contributed by atoms with Gasteiger partial charge in [-0.3, -0.25) is 0 Å². The topological polar surface area (TPSA) is 3.24 Å². The summed E-state index contributed by atoms with van der Waals surface area (Å²) in [6.07, 6.45) is 0. The third-order valence-electron chi connectivity index (χ3n) is 2.52. The zero-order chi connectivity index (χ0) is 11.5. The number of nitrogens with zero attached hydrogens (tertiary/aromatic N) is 1. The van der Waals surface area contributed by atoms with Crippen LogP contribution in [0.2, 0.25) is 5.02 Å². The van der Waals surface area contributed by atoms with Gasteiger partial charge in [-0.15, -0.1) is 0 Å². The van der Waals surface area contributed by atoms with Crippen molar-refractivity contribution in [1.29, 1.82) is 0 Å². The molecule has 1 nitrogen and oxygen atoms in total. The highest BCUT2D eigenvalue weighted by Crippen LogP contribution is 2.35. The molecule has 0 bridgehead atoms. The standard InChI is InChI=1S/C14H14ClN/c1-16(2)14-12(9-6-10-13(14)15)11-7-4-3-5-8-11/h3-10H,1-2H3. The molecule has 16 heavy (non-hydrogen) atoms. The maximum Gasteiger partial charge on any atom is 0.0645 e. The summed E-state index contributed by atoms with van der Waals surface area (Å²) in [5.74, 6) is 0. The first-order valence-corrected chi connectivity index (χ1v) is 5.59. The molecular weight excluding hydrogens is 218 g/mol. The zero-order valence-electron chi connectivity index (χ0n) is 9.44. The Bertz CT molecular complexity index is 477. The molecule has 0 aromatic heterocycles. The van der Waals surface area contributed by atoms with Gasteiger partial charge in [-0.25, -0.2) is 0 Å². The summed E-state index contributed by atoms with van der Waals surface area (Å²) >= 11 is 6.23. The van der Waals surface area contributed by atoms with E-state index in [2.05, 4.69) is 18.2 Å². The van der Waals surface area contributed by atoms with Gasteiger partial charge in [-0.1, -0.05) is 54.1 Å². The molecule has 0 saturated carbocycles. The Morgan fingerprint density at radius 2 is 1.56 bits per heavy atom. The second-order valence-corrected chi connectivity index (χ2v) is 4.30. The molecule has 0 aliphatic heterocycles. The van der Waals surface area contributed by atoms with E-state index in [4.69, 9.17) is 11.6 Å². The van der Waals surface area contributed by atoms with Crippen molar-refractivity contribution in [1.82, 2.24) is 0 Å². The minimum atomic E-state index is 0.784. The van der Waals surface area contributed by atoms with Crippen LogP contribution in [0.15, 0.2) is 48.5 Å². The summed E-state index contributed by atoms with van der Waals surface area (Å²) in [4.78, 5) is 2.05. The number of rotatable bonds is 2. The number of hydrogen-bond donors (Lipinski definition) is 0. The van der Waals surface area contributed by atoms with Gasteiger partial charge >= 0.3 is 0 Å². The van der Waals surface area contributed by atoms with Gasteiger partial charge in [0.2, 0.25) is 0 Å². The van der Waals surface area contributed by atoms with E-state index in [1.54, 1.807) is 0 Å². The smallest absolute Gasteiger partial charge is 0.0645 e. The molecule has 0 aliphatic rings. The van der Waals surface area contributed by atoms with E-state index < -0.39 is 0 Å². The number of hydrogen-bond acceptors (Lipinski definition) is 1. The predicted molar refractivity (Wildman–Crippen MR) is 71.2 cm³/mol. The van der Waals surface area contributed by atoms with Crippen LogP contribution in [0.4, 0.5) is 5.69 Å². The van der Waals surface area contributed by atoms with Gasteiger partial charge in [-0.05, 0) is 11.6 Å². The molecule has 2 aromatic carbocycles. The van der Waals surface area contributed by atoms with Crippen LogP contribution in [-0.2, 0) is 0 Å². The molecule has 0 heterocycles. The fraction of sp³-hybridized carbons (Fsp3) is 0.143. The Hall–Kier alpha value is -1.47. The van der Waals surface area contributed by atoms with Crippen molar-refractivity contribution in [3.63, 3.8) is 0 Å². The van der Waals surface area contributed by atoms with Gasteiger partial charge in [0, 0.05) is 19.7 Å². The van der Waals surface area contributed by atoms with Crippen LogP contribution in [0, 0.1) is 0 Å². The highest BCUT2D eigenvalue weighted by molar-refractivity contribution is 6.34. The summed E-state index contributed by atoms with van der Waals surface area (Å²) in [5, 5.41) is 0.784. The van der Waals surface area contributed by atoms with E-state index in [0.29, 0.717) is 0 Å². The lowest BCUT2D eigenvalue weighted by molar-refractivity contribution is 1.13. The molecule has 0 aliphatic carbocycles. The van der Waals surface area contributed by atoms with Gasteiger partial charge in [-0.2, -0.15) is 0 Å². The van der Waals surface area contributed by atoms with E-state index in [1.807, 2.05) is 49.3 Å². The van der Waals surface area contributed by atoms with Gasteiger partial charge in [0.05, 0.1) is 10.7 Å². The largest absolute Gasteiger partial charge is 0.376 e. The molecular formula is C14H14ClN. The van der Waals surface area contributed by atoms with Crippen LogP contribution in [0.1, 0.15) is 0 Å². The molecule has 0 saturated heterocycles. The van der Waals surface area contributed by atoms with Crippen LogP contribution >= 0.6 is 11.6 Å². The molecule has 0 fully saturated rings. The van der Waals surface area contributed by atoms with Crippen molar-refractivity contribution >= 4 is 17.3 Å². The van der Waals surface area contributed by atoms with Gasteiger partial charge in [0.1, 0.15) is 0 Å². The van der Waals surface area contributed by atoms with Crippen molar-refractivity contribution in [2.45, 2.75) is 0 Å². The van der Waals surface area contributed by atoms with Crippen molar-refractivity contribution in [2.24, 2.45) is 0 Å². The molecule has 0 radical (unpaired) electrons. The average Bonchev–Trinajstić information content (AvgIpc) is 2.29. The third-order valence-corrected chi connectivity index (χ3v) is 2.82. The van der Waals surface area contributed by atoms with Crippen molar-refractivity contribution < 1.29 is 0 Å². The number of halogens is 1. The molecule has 0 unspecified atom stereocenters. The highest BCUT2D eigenvalue weighted by Gasteiger charge is 2.09. The van der Waals surface area contributed by atoms with Crippen LogP contribution in [0.5, 0.6) is 0 Å². The highest BCUT2D eigenvalue weighted by atomic mass is 35.5. The van der Waals surface area contributed by atoms with Crippen LogP contribution in [0.3, 0.4) is 0 Å². The molecule has 0 spiro atoms. The summed E-state index contributed by atoms with van der Waals surface area (Å²) in [5.41, 5.74) is 3.42. The first-order chi connectivity index (χ1) is 7.70. The molecule has 2 aromatic rings. The quantitative estimate of drug-likeness (QED) is 0.753. The van der Waals surface area contributed by atoms with E-state index >= 15 is 0 Å². The molecule has 2 rings (SSSR count). The van der Waals surface area contributed by atoms with E-state index in [9.17, 15) is 0 Å². The van der Waals surface area contributed by atoms with E-state index in [0.717, 1.165) is 16.3 Å². The third kappa shape index (κ3) is 2.05. The second kappa shape index (κ2) is 4.58. The summed E-state index contributed by atoms with van der Waals surface area (Å²) in [6, 6.07) is 16.3. The zero-order valence-corrected chi connectivity index (χ0v) is 10.2. The fourth-order valence-electron chi connectivity index (χ4n) is 1.82. The van der Waals surface area contributed by atoms with Gasteiger partial charge < -0.3 is 4.90 Å². The molecule has 0 atom stereocenters. The Labute approximate surface area is 101 Å². The first-order valence-electron chi connectivity index (χ1n) is 5.21. The Kier molecular flexibility index (Phi) is 3.16. The van der Waals surface area contributed by atoms with Crippen LogP contribution in [0.25, 0.3) is 11.1 Å². The Morgan fingerprint density at radius 3 is 2.19 bits per heavy atom. The summed E-state index contributed by atoms with van der Waals surface area (Å²) in [6.45, 7) is 0. The monoisotopic (exact) mass is 231 g/mol. The van der Waals surface area contributed by atoms with E-state index in [-0.39, 0.29) is 0 Å². The lowest BCUT2D eigenvalue weighted by atomic mass is 10.0. The number of anilines is 1. The van der Waals surface area contributed by atoms with E-state index in [1.165, 1.54) is 5.56 Å². The predicted octanol–water partition coefficient (Wildman–Crippen LogP) is 4.07. The van der Waals surface area contributed by atoms with Crippen LogP contribution in [-0.4, -0.2) is 14.1 Å². The number of benzene rings is 2. The number of para-hydroxylation sites is 1. The van der Waals surface area contributed by atoms with Crippen molar-refractivity contribution in [3.05, 3.63) is 53.6 Å². The Balaban J connectivity index is 2.61. The lowest BCUT2D eigenvalue weighted by Gasteiger charge is -2.19. The van der Waals surface area contributed by atoms with Crippen LogP contribution < -0.4 is 4.90 Å². The molecule has 0 amide bonds. The minimum Gasteiger partial charge on any atom is -0.376 e. The normalized spacial score (nSPS) is 10.2. The average molecular weight is 232 g/mol. The second-order valence-electron chi connectivity index (χ2n) is 3.90. The maximum atomic E-state index is 6.23. The minimum absolute atomic E-state index is 0.784. The molecule has 2 heteroatoms. The Morgan fingerprint density at radius 1 is 0.875 bits per heavy atom. The SMILES string of the molecule is CN(C)c1c(Cl)cccc1-c1ccccc1. The fourth-order valence-corrected chi connectivity index (χ4v) is 2.16. The summed E-state index contributed by atoms with van der Waals surface area (Å²) < 4.78 is 0. The maximum absolute atomic E-state index is 6.23. The lowest BCUT2D eigenvalue weighted by Crippen LogP contribution is -2.10. The van der Waals surface area contributed by atoms with Crippen molar-refractivity contribution in [3.8, 4) is 11.1 Å². The van der Waals surface area contributed by atoms with Crippen molar-refractivity contribution in [2.75, 3.05) is 19.0 Å². The van der Waals surface area contributed by atoms with Gasteiger partial charge in [0.25, 0.3) is 0 Å². The molecule has 82 valence electrons. The molecule has 0 N–H and O–H groups in total. The first kappa shape index (κ1) is 11.0. The summed E-state index contributed by atoms with van der Waals surface area (Å²) in [7, 11) is 4.02. The van der Waals surface area contributed by atoms with Gasteiger partial charge in [0.15, 0.2) is 0 Å².